The zero-order valence-electron chi connectivity index (χ0n) is 45.9. The van der Waals surface area contributed by atoms with Crippen LogP contribution >= 0.6 is 7.82 Å². The summed E-state index contributed by atoms with van der Waals surface area (Å²) in [6.07, 6.45) is 65.7. The Labute approximate surface area is 423 Å². The third-order valence-electron chi connectivity index (χ3n) is 13.3. The average Bonchev–Trinajstić information content (AvgIpc) is 3.30. The largest absolute Gasteiger partial charge is 0.472 e. The van der Waals surface area contributed by atoms with Gasteiger partial charge in [-0.15, -0.1) is 0 Å². The highest BCUT2D eigenvalue weighted by Crippen LogP contribution is 2.43. The van der Waals surface area contributed by atoms with Crippen molar-refractivity contribution in [1.82, 2.24) is 5.32 Å². The van der Waals surface area contributed by atoms with E-state index >= 15 is 0 Å². The monoisotopic (exact) mass is 980 g/mol. The van der Waals surface area contributed by atoms with Crippen LogP contribution in [0, 0.1) is 0 Å². The van der Waals surface area contributed by atoms with Crippen molar-refractivity contribution in [2.45, 2.75) is 296 Å². The van der Waals surface area contributed by atoms with Crippen LogP contribution in [-0.4, -0.2) is 73.4 Å². The summed E-state index contributed by atoms with van der Waals surface area (Å²) in [6.45, 7) is 4.79. The van der Waals surface area contributed by atoms with Crippen LogP contribution < -0.4 is 5.32 Å². The molecule has 0 aliphatic carbocycles. The van der Waals surface area contributed by atoms with Crippen molar-refractivity contribution in [2.75, 3.05) is 40.9 Å². The summed E-state index contributed by atoms with van der Waals surface area (Å²) in [6, 6.07) is -0.860. The first-order valence-corrected chi connectivity index (χ1v) is 30.9. The van der Waals surface area contributed by atoms with Crippen LogP contribution in [-0.2, 0) is 18.4 Å². The fraction of sp³-hybridized carbons (Fsp3) is 0.881. The third kappa shape index (κ3) is 52.5. The van der Waals surface area contributed by atoms with Crippen molar-refractivity contribution < 1.29 is 32.9 Å². The predicted octanol–water partition coefficient (Wildman–Crippen LogP) is 17.8. The van der Waals surface area contributed by atoms with Crippen molar-refractivity contribution in [3.63, 3.8) is 0 Å². The number of phosphoric acid groups is 1. The molecule has 3 N–H and O–H groups in total. The Kier molecular flexibility index (Phi) is 49.7. The number of phosphoric ester groups is 1. The van der Waals surface area contributed by atoms with Crippen molar-refractivity contribution in [2.24, 2.45) is 0 Å². The maximum Gasteiger partial charge on any atom is 0.472 e. The minimum absolute atomic E-state index is 0.0571. The second-order valence-electron chi connectivity index (χ2n) is 21.4. The number of hydrogen-bond acceptors (Lipinski definition) is 5. The SMILES string of the molecule is CCCCCCC/C=C/CC/C=C/C(O)C(COP(=O)(O)OCC[N+](C)(C)C)NC(=O)CCCCCCCCCCCCCCCCCCC/C=C\CCCCCCCCCCCCCCCC. The lowest BCUT2D eigenvalue weighted by Gasteiger charge is -2.25. The molecular weight excluding hydrogens is 864 g/mol. The van der Waals surface area contributed by atoms with Gasteiger partial charge in [-0.3, -0.25) is 13.8 Å². The minimum Gasteiger partial charge on any atom is -0.387 e. The summed E-state index contributed by atoms with van der Waals surface area (Å²) >= 11 is 0. The fourth-order valence-electron chi connectivity index (χ4n) is 8.70. The minimum atomic E-state index is -4.35. The summed E-state index contributed by atoms with van der Waals surface area (Å²) in [5.74, 6) is -0.185. The maximum absolute atomic E-state index is 12.9. The molecular formula is C59H116N2O6P+. The molecule has 0 aromatic carbocycles. The van der Waals surface area contributed by atoms with Gasteiger partial charge in [0.2, 0.25) is 5.91 Å². The highest BCUT2D eigenvalue weighted by molar-refractivity contribution is 7.47. The summed E-state index contributed by atoms with van der Waals surface area (Å²) in [5, 5.41) is 13.8. The highest BCUT2D eigenvalue weighted by atomic mass is 31.2. The number of nitrogens with one attached hydrogen (secondary N) is 1. The number of nitrogens with zero attached hydrogens (tertiary/aromatic N) is 1. The molecule has 0 fully saturated rings. The lowest BCUT2D eigenvalue weighted by atomic mass is 10.0. The number of allylic oxidation sites excluding steroid dienone is 5. The zero-order chi connectivity index (χ0) is 49.9. The Balaban J connectivity index is 3.92. The zero-order valence-corrected chi connectivity index (χ0v) is 46.8. The van der Waals surface area contributed by atoms with Crippen LogP contribution in [0.2, 0.25) is 0 Å². The van der Waals surface area contributed by atoms with Crippen LogP contribution in [0.1, 0.15) is 284 Å². The van der Waals surface area contributed by atoms with E-state index in [1.165, 1.54) is 225 Å². The van der Waals surface area contributed by atoms with Gasteiger partial charge >= 0.3 is 7.82 Å². The summed E-state index contributed by atoms with van der Waals surface area (Å²) < 4.78 is 23.6. The van der Waals surface area contributed by atoms with E-state index in [9.17, 15) is 19.4 Å². The number of carbonyl (C=O) groups excluding carboxylic acids is 1. The molecule has 0 heterocycles. The smallest absolute Gasteiger partial charge is 0.387 e. The second kappa shape index (κ2) is 50.7. The van der Waals surface area contributed by atoms with E-state index in [0.29, 0.717) is 17.4 Å². The molecule has 3 atom stereocenters. The number of carbonyl (C=O) groups is 1. The summed E-state index contributed by atoms with van der Waals surface area (Å²) in [4.78, 5) is 23.2. The Bertz CT molecular complexity index is 1200. The number of unbranched alkanes of at least 4 members (excludes halogenated alkanes) is 37. The third-order valence-corrected chi connectivity index (χ3v) is 14.3. The van der Waals surface area contributed by atoms with Crippen molar-refractivity contribution in [3.05, 3.63) is 36.5 Å². The van der Waals surface area contributed by atoms with Gasteiger partial charge in [-0.1, -0.05) is 256 Å². The first-order chi connectivity index (χ1) is 33.0. The normalized spacial score (nSPS) is 14.2. The van der Waals surface area contributed by atoms with E-state index in [-0.39, 0.29) is 19.1 Å². The number of amides is 1. The Morgan fingerprint density at radius 2 is 0.809 bits per heavy atom. The molecule has 8 nitrogen and oxygen atoms in total. The fourth-order valence-corrected chi connectivity index (χ4v) is 9.44. The molecule has 9 heteroatoms. The second-order valence-corrected chi connectivity index (χ2v) is 22.8. The topological polar surface area (TPSA) is 105 Å². The van der Waals surface area contributed by atoms with Gasteiger partial charge in [0.1, 0.15) is 13.2 Å². The van der Waals surface area contributed by atoms with Crippen molar-refractivity contribution in [1.29, 1.82) is 0 Å². The van der Waals surface area contributed by atoms with E-state index in [2.05, 4.69) is 43.5 Å². The average molecular weight is 981 g/mol. The molecule has 402 valence electrons. The predicted molar refractivity (Wildman–Crippen MR) is 295 cm³/mol. The van der Waals surface area contributed by atoms with E-state index in [1.54, 1.807) is 6.08 Å². The van der Waals surface area contributed by atoms with E-state index < -0.39 is 20.0 Å². The van der Waals surface area contributed by atoms with Gasteiger partial charge in [-0.05, 0) is 57.8 Å². The highest BCUT2D eigenvalue weighted by Gasteiger charge is 2.27. The Hall–Kier alpha value is -1.28. The van der Waals surface area contributed by atoms with E-state index in [4.69, 9.17) is 9.05 Å². The summed E-state index contributed by atoms with van der Waals surface area (Å²) in [7, 11) is 1.56. The number of rotatable bonds is 54. The van der Waals surface area contributed by atoms with Gasteiger partial charge in [0, 0.05) is 6.42 Å². The lowest BCUT2D eigenvalue weighted by Crippen LogP contribution is -2.45. The van der Waals surface area contributed by atoms with Gasteiger partial charge in [0.25, 0.3) is 0 Å². The van der Waals surface area contributed by atoms with Gasteiger partial charge in [-0.25, -0.2) is 4.57 Å². The van der Waals surface area contributed by atoms with E-state index in [0.717, 1.165) is 38.5 Å². The van der Waals surface area contributed by atoms with Crippen LogP contribution in [0.5, 0.6) is 0 Å². The molecule has 3 unspecified atom stereocenters. The Morgan fingerprint density at radius 1 is 0.485 bits per heavy atom. The van der Waals surface area contributed by atoms with Crippen LogP contribution in [0.15, 0.2) is 36.5 Å². The molecule has 0 radical (unpaired) electrons. The van der Waals surface area contributed by atoms with Crippen LogP contribution in [0.4, 0.5) is 0 Å². The molecule has 0 spiro atoms. The molecule has 0 aromatic rings. The van der Waals surface area contributed by atoms with Crippen molar-refractivity contribution in [3.8, 4) is 0 Å². The number of hydrogen-bond donors (Lipinski definition) is 3. The molecule has 0 aliphatic rings. The molecule has 68 heavy (non-hydrogen) atoms. The first-order valence-electron chi connectivity index (χ1n) is 29.4. The number of aliphatic hydroxyl groups is 1. The summed E-state index contributed by atoms with van der Waals surface area (Å²) in [5.41, 5.74) is 0. The number of quaternary nitrogens is 1. The van der Waals surface area contributed by atoms with Crippen LogP contribution in [0.3, 0.4) is 0 Å². The van der Waals surface area contributed by atoms with Gasteiger partial charge in [-0.2, -0.15) is 0 Å². The lowest BCUT2D eigenvalue weighted by molar-refractivity contribution is -0.870. The Morgan fingerprint density at radius 3 is 1.18 bits per heavy atom. The molecule has 0 rings (SSSR count). The molecule has 0 aliphatic heterocycles. The van der Waals surface area contributed by atoms with Crippen molar-refractivity contribution >= 4 is 13.7 Å². The molecule has 1 amide bonds. The van der Waals surface area contributed by atoms with Gasteiger partial charge in [0.15, 0.2) is 0 Å². The standard InChI is InChI=1S/C59H115N2O6P/c1-6-8-10-12-14-16-18-19-20-21-22-23-24-25-26-27-28-29-30-31-32-33-34-35-36-37-38-39-40-41-43-45-47-49-51-53-59(63)60-57(56-67-68(64,65)66-55-54-61(3,4)5)58(62)52-50-48-46-44-42-17-15-13-11-9-7-2/h27-28,42,44,50,52,57-58,62H,6-26,29-41,43,45-49,51,53-56H2,1-5H3,(H-,60,63,64,65)/p+1/b28-27-,44-42+,52-50+. The van der Waals surface area contributed by atoms with Gasteiger partial charge < -0.3 is 19.8 Å². The maximum atomic E-state index is 12.9. The molecule has 0 saturated carbocycles. The number of aliphatic hydroxyl groups excluding tert-OH is 1. The quantitative estimate of drug-likeness (QED) is 0.0243. The molecule has 0 saturated heterocycles. The van der Waals surface area contributed by atoms with Crippen LogP contribution in [0.25, 0.3) is 0 Å². The molecule has 0 aromatic heterocycles. The first kappa shape index (κ1) is 66.7. The van der Waals surface area contributed by atoms with Gasteiger partial charge in [0.05, 0.1) is 39.9 Å². The number of likely N-dealkylation sites (N-methyl/N-ethyl adjacent to an activating group) is 1. The van der Waals surface area contributed by atoms with E-state index in [1.807, 2.05) is 27.2 Å². The molecule has 0 bridgehead atoms.